The Morgan fingerprint density at radius 1 is 1.64 bits per heavy atom. The number of nitrogens with zero attached hydrogens (tertiary/aromatic N) is 2. The Balaban J connectivity index is 2.63. The Morgan fingerprint density at radius 2 is 2.36 bits per heavy atom. The number of hydrogen-bond acceptors (Lipinski definition) is 1. The zero-order chi connectivity index (χ0) is 8.27. The van der Waals surface area contributed by atoms with Gasteiger partial charge in [0.25, 0.3) is 0 Å². The Hall–Kier alpha value is -0.500. The molecule has 0 unspecified atom stereocenters. The fourth-order valence-electron chi connectivity index (χ4n) is 0.899. The van der Waals surface area contributed by atoms with Crippen molar-refractivity contribution in [3.05, 3.63) is 16.9 Å². The van der Waals surface area contributed by atoms with Gasteiger partial charge in [-0.05, 0) is 13.3 Å². The lowest BCUT2D eigenvalue weighted by Gasteiger charge is -2.01. The van der Waals surface area contributed by atoms with Gasteiger partial charge < -0.3 is 0 Å². The minimum atomic E-state index is 0.640. The molecule has 2 nitrogen and oxygen atoms in total. The summed E-state index contributed by atoms with van der Waals surface area (Å²) in [6.07, 6.45) is 5.05. The molecular weight excluding hydrogens is 160 g/mol. The van der Waals surface area contributed by atoms with Gasteiger partial charge in [-0.3, -0.25) is 4.68 Å². The number of unbranched alkanes of at least 4 members (excludes halogenated alkanes) is 1. The van der Waals surface area contributed by atoms with Crippen LogP contribution in [0, 0.1) is 13.1 Å². The molecule has 0 atom stereocenters. The van der Waals surface area contributed by atoms with Gasteiger partial charge in [0.15, 0.2) is 0 Å². The minimum absolute atomic E-state index is 0.640. The molecule has 0 aliphatic heterocycles. The molecule has 0 saturated carbocycles. The van der Waals surface area contributed by atoms with Crippen LogP contribution in [0.1, 0.15) is 25.5 Å². The molecule has 3 heteroatoms. The molecule has 1 aromatic rings. The third kappa shape index (κ3) is 1.96. The zero-order valence-corrected chi connectivity index (χ0v) is 7.65. The maximum atomic E-state index is 5.77. The average molecular weight is 172 g/mol. The van der Waals surface area contributed by atoms with Crippen LogP contribution < -0.4 is 0 Å². The van der Waals surface area contributed by atoms with Gasteiger partial charge in [0.2, 0.25) is 0 Å². The van der Waals surface area contributed by atoms with Crippen molar-refractivity contribution in [2.75, 3.05) is 0 Å². The zero-order valence-electron chi connectivity index (χ0n) is 6.89. The molecule has 1 aromatic heterocycles. The highest BCUT2D eigenvalue weighted by atomic mass is 35.5. The first-order chi connectivity index (χ1) is 5.25. The predicted octanol–water partition coefficient (Wildman–Crippen LogP) is 2.45. The fourth-order valence-corrected chi connectivity index (χ4v) is 1.03. The van der Waals surface area contributed by atoms with Gasteiger partial charge in [0, 0.05) is 6.54 Å². The second-order valence-electron chi connectivity index (χ2n) is 2.59. The summed E-state index contributed by atoms with van der Waals surface area (Å²) in [5.41, 5.74) is 1.01. The molecule has 0 spiro atoms. The second kappa shape index (κ2) is 3.77. The van der Waals surface area contributed by atoms with Crippen molar-refractivity contribution >= 4 is 11.6 Å². The molecule has 0 N–H and O–H groups in total. The molecule has 11 heavy (non-hydrogen) atoms. The topological polar surface area (TPSA) is 17.8 Å². The summed E-state index contributed by atoms with van der Waals surface area (Å²) in [6, 6.07) is 0. The largest absolute Gasteiger partial charge is 0.268 e. The Morgan fingerprint density at radius 3 is 2.82 bits per heavy atom. The molecule has 0 aliphatic rings. The molecule has 1 rings (SSSR count). The number of aromatic nitrogens is 2. The molecule has 0 aromatic carbocycles. The number of halogens is 1. The predicted molar refractivity (Wildman–Crippen MR) is 45.7 cm³/mol. The highest BCUT2D eigenvalue weighted by molar-refractivity contribution is 6.30. The van der Waals surface area contributed by atoms with Crippen LogP contribution >= 0.6 is 11.6 Å². The van der Waals surface area contributed by atoms with Crippen LogP contribution in [-0.4, -0.2) is 9.78 Å². The minimum Gasteiger partial charge on any atom is -0.268 e. The summed E-state index contributed by atoms with van der Waals surface area (Å²) in [5, 5.41) is 4.65. The van der Waals surface area contributed by atoms with Crippen LogP contribution in [0.25, 0.3) is 0 Å². The molecular formula is C8H12ClN2. The second-order valence-corrected chi connectivity index (χ2v) is 2.97. The molecule has 0 saturated heterocycles. The molecule has 0 aliphatic carbocycles. The van der Waals surface area contributed by atoms with E-state index in [2.05, 4.69) is 18.2 Å². The standard InChI is InChI=1S/C8H12ClN2/c1-3-4-5-11-7(2)8(9)6-10-11/h3-5H2,1-2H3. The van der Waals surface area contributed by atoms with Crippen molar-refractivity contribution < 1.29 is 0 Å². The van der Waals surface area contributed by atoms with Crippen molar-refractivity contribution in [2.24, 2.45) is 0 Å². The Bertz CT molecular complexity index is 230. The highest BCUT2D eigenvalue weighted by Crippen LogP contribution is 2.12. The van der Waals surface area contributed by atoms with Crippen molar-refractivity contribution in [2.45, 2.75) is 33.2 Å². The van der Waals surface area contributed by atoms with Gasteiger partial charge in [0.05, 0.1) is 10.7 Å². The molecule has 1 heterocycles. The Kier molecular flexibility index (Phi) is 2.94. The van der Waals surface area contributed by atoms with Crippen LogP contribution in [0.15, 0.2) is 0 Å². The van der Waals surface area contributed by atoms with Crippen LogP contribution in [0.3, 0.4) is 0 Å². The van der Waals surface area contributed by atoms with Crippen LogP contribution in [0.2, 0.25) is 5.02 Å². The monoisotopic (exact) mass is 171 g/mol. The third-order valence-electron chi connectivity index (χ3n) is 1.70. The van der Waals surface area contributed by atoms with Crippen LogP contribution in [0.5, 0.6) is 0 Å². The SMILES string of the molecule is CCCCn1n[c]c(Cl)c1C. The number of hydrogen-bond donors (Lipinski definition) is 0. The summed E-state index contributed by atoms with van der Waals surface area (Å²) < 4.78 is 1.89. The summed E-state index contributed by atoms with van der Waals surface area (Å²) in [7, 11) is 0. The van der Waals surface area contributed by atoms with E-state index in [1.165, 1.54) is 6.42 Å². The van der Waals surface area contributed by atoms with E-state index in [-0.39, 0.29) is 0 Å². The molecule has 1 radical (unpaired) electrons. The first kappa shape index (κ1) is 8.60. The average Bonchev–Trinajstić information content (AvgIpc) is 2.31. The van der Waals surface area contributed by atoms with E-state index >= 15 is 0 Å². The maximum absolute atomic E-state index is 5.77. The summed E-state index contributed by atoms with van der Waals surface area (Å²) in [5.74, 6) is 0. The van der Waals surface area contributed by atoms with Gasteiger partial charge in [-0.15, -0.1) is 0 Å². The fraction of sp³-hybridized carbons (Fsp3) is 0.625. The highest BCUT2D eigenvalue weighted by Gasteiger charge is 2.02. The lowest BCUT2D eigenvalue weighted by atomic mass is 10.3. The van der Waals surface area contributed by atoms with Gasteiger partial charge in [-0.2, -0.15) is 5.10 Å². The molecule has 0 bridgehead atoms. The quantitative estimate of drug-likeness (QED) is 0.683. The van der Waals surface area contributed by atoms with Crippen LogP contribution in [0.4, 0.5) is 0 Å². The van der Waals surface area contributed by atoms with E-state index in [1.54, 1.807) is 0 Å². The van der Waals surface area contributed by atoms with Crippen molar-refractivity contribution in [1.82, 2.24) is 9.78 Å². The molecule has 61 valence electrons. The number of aryl methyl sites for hydroxylation is 1. The maximum Gasteiger partial charge on any atom is 0.133 e. The van der Waals surface area contributed by atoms with Gasteiger partial charge in [-0.1, -0.05) is 24.9 Å². The van der Waals surface area contributed by atoms with E-state index in [0.29, 0.717) is 5.02 Å². The summed E-state index contributed by atoms with van der Waals surface area (Å²) in [6.45, 7) is 5.07. The molecule has 0 fully saturated rings. The smallest absolute Gasteiger partial charge is 0.133 e. The lowest BCUT2D eigenvalue weighted by molar-refractivity contribution is 0.558. The van der Waals surface area contributed by atoms with E-state index in [4.69, 9.17) is 11.6 Å². The van der Waals surface area contributed by atoms with Gasteiger partial charge in [-0.25, -0.2) is 0 Å². The molecule has 0 amide bonds. The van der Waals surface area contributed by atoms with E-state index in [1.807, 2.05) is 11.6 Å². The van der Waals surface area contributed by atoms with E-state index in [9.17, 15) is 0 Å². The van der Waals surface area contributed by atoms with Gasteiger partial charge >= 0.3 is 0 Å². The third-order valence-corrected chi connectivity index (χ3v) is 2.06. The van der Waals surface area contributed by atoms with Gasteiger partial charge in [0.1, 0.15) is 6.20 Å². The number of rotatable bonds is 3. The first-order valence-electron chi connectivity index (χ1n) is 3.86. The van der Waals surface area contributed by atoms with E-state index < -0.39 is 0 Å². The Labute approximate surface area is 72.2 Å². The van der Waals surface area contributed by atoms with Crippen molar-refractivity contribution in [3.63, 3.8) is 0 Å². The lowest BCUT2D eigenvalue weighted by Crippen LogP contribution is -2.01. The first-order valence-corrected chi connectivity index (χ1v) is 4.24. The van der Waals surface area contributed by atoms with E-state index in [0.717, 1.165) is 18.7 Å². The van der Waals surface area contributed by atoms with Crippen LogP contribution in [-0.2, 0) is 6.54 Å². The van der Waals surface area contributed by atoms with Crippen molar-refractivity contribution in [3.8, 4) is 0 Å². The normalized spacial score (nSPS) is 10.5. The van der Waals surface area contributed by atoms with Crippen molar-refractivity contribution in [1.29, 1.82) is 0 Å². The summed E-state index contributed by atoms with van der Waals surface area (Å²) >= 11 is 5.77. The summed E-state index contributed by atoms with van der Waals surface area (Å²) in [4.78, 5) is 0.